The number of hydrogen-bond donors (Lipinski definition) is 2. The van der Waals surface area contributed by atoms with Crippen LogP contribution in [-0.4, -0.2) is 23.1 Å². The predicted molar refractivity (Wildman–Crippen MR) is 73.8 cm³/mol. The third-order valence-corrected chi connectivity index (χ3v) is 2.78. The first-order chi connectivity index (χ1) is 8.79. The maximum absolute atomic E-state index is 5.64. The quantitative estimate of drug-likeness (QED) is 0.887. The first-order valence-electron chi connectivity index (χ1n) is 5.48. The lowest BCUT2D eigenvalue weighted by atomic mass is 10.3. The Morgan fingerprint density at radius 1 is 1.22 bits per heavy atom. The second-order valence-electron chi connectivity index (χ2n) is 3.49. The minimum atomic E-state index is 0.540. The zero-order chi connectivity index (χ0) is 12.8. The molecule has 0 unspecified atom stereocenters. The molecule has 0 atom stereocenters. The van der Waals surface area contributed by atoms with E-state index in [0.717, 1.165) is 10.2 Å². The second kappa shape index (κ2) is 6.32. The van der Waals surface area contributed by atoms with E-state index >= 15 is 0 Å². The van der Waals surface area contributed by atoms with E-state index in [-0.39, 0.29) is 0 Å². The largest absolute Gasteiger partial charge is 0.453 e. The van der Waals surface area contributed by atoms with Crippen LogP contribution < -0.4 is 15.8 Å². The molecule has 1 aromatic carbocycles. The Morgan fingerprint density at radius 3 is 2.61 bits per heavy atom. The van der Waals surface area contributed by atoms with Crippen molar-refractivity contribution >= 4 is 21.9 Å². The average molecular weight is 309 g/mol. The molecular weight excluding hydrogens is 296 g/mol. The first-order valence-corrected chi connectivity index (χ1v) is 6.27. The van der Waals surface area contributed by atoms with Crippen molar-refractivity contribution in [1.82, 2.24) is 9.97 Å². The SMILES string of the molecule is NCCNc1ncc(Oc2ccccc2Br)cn1. The normalized spacial score (nSPS) is 10.1. The van der Waals surface area contributed by atoms with Gasteiger partial charge in [-0.15, -0.1) is 0 Å². The monoisotopic (exact) mass is 308 g/mol. The second-order valence-corrected chi connectivity index (χ2v) is 4.34. The molecule has 1 heterocycles. The molecule has 0 fully saturated rings. The molecular formula is C12H13BrN4O. The van der Waals surface area contributed by atoms with Gasteiger partial charge in [0.2, 0.25) is 5.95 Å². The van der Waals surface area contributed by atoms with Crippen LogP contribution >= 0.6 is 15.9 Å². The average Bonchev–Trinajstić information content (AvgIpc) is 2.41. The Bertz CT molecular complexity index is 504. The molecule has 0 saturated heterocycles. The zero-order valence-electron chi connectivity index (χ0n) is 9.64. The molecule has 2 rings (SSSR count). The Balaban J connectivity index is 2.04. The van der Waals surface area contributed by atoms with Gasteiger partial charge in [0.25, 0.3) is 0 Å². The van der Waals surface area contributed by atoms with Crippen molar-refractivity contribution in [3.8, 4) is 11.5 Å². The summed E-state index contributed by atoms with van der Waals surface area (Å²) in [5, 5.41) is 2.98. The van der Waals surface area contributed by atoms with Crippen LogP contribution in [0.25, 0.3) is 0 Å². The number of hydrogen-bond acceptors (Lipinski definition) is 5. The van der Waals surface area contributed by atoms with Gasteiger partial charge in [0.1, 0.15) is 5.75 Å². The molecule has 3 N–H and O–H groups in total. The maximum atomic E-state index is 5.64. The van der Waals surface area contributed by atoms with E-state index in [1.54, 1.807) is 12.4 Å². The van der Waals surface area contributed by atoms with Crippen LogP contribution in [0.1, 0.15) is 0 Å². The topological polar surface area (TPSA) is 73.1 Å². The van der Waals surface area contributed by atoms with Crippen molar-refractivity contribution in [1.29, 1.82) is 0 Å². The van der Waals surface area contributed by atoms with Crippen LogP contribution in [0.4, 0.5) is 5.95 Å². The molecule has 18 heavy (non-hydrogen) atoms. The Kier molecular flexibility index (Phi) is 4.49. The van der Waals surface area contributed by atoms with Crippen molar-refractivity contribution in [2.24, 2.45) is 5.73 Å². The molecule has 0 aliphatic heterocycles. The highest BCUT2D eigenvalue weighted by Crippen LogP contribution is 2.28. The fourth-order valence-corrected chi connectivity index (χ4v) is 1.66. The van der Waals surface area contributed by atoms with Gasteiger partial charge in [0, 0.05) is 13.1 Å². The van der Waals surface area contributed by atoms with Crippen molar-refractivity contribution in [3.63, 3.8) is 0 Å². The summed E-state index contributed by atoms with van der Waals surface area (Å²) in [5.74, 6) is 1.85. The molecule has 6 heteroatoms. The lowest BCUT2D eigenvalue weighted by Crippen LogP contribution is -2.14. The van der Waals surface area contributed by atoms with Gasteiger partial charge in [-0.1, -0.05) is 12.1 Å². The summed E-state index contributed by atoms with van der Waals surface area (Å²) in [6, 6.07) is 7.60. The van der Waals surface area contributed by atoms with E-state index < -0.39 is 0 Å². The van der Waals surface area contributed by atoms with Crippen LogP contribution in [0.2, 0.25) is 0 Å². The van der Waals surface area contributed by atoms with E-state index in [2.05, 4.69) is 31.2 Å². The summed E-state index contributed by atoms with van der Waals surface area (Å²) in [6.07, 6.45) is 3.23. The number of nitrogens with zero attached hydrogens (tertiary/aromatic N) is 2. The van der Waals surface area contributed by atoms with Gasteiger partial charge in [-0.25, -0.2) is 9.97 Å². The molecule has 94 valence electrons. The predicted octanol–water partition coefficient (Wildman–Crippen LogP) is 2.40. The highest BCUT2D eigenvalue weighted by Gasteiger charge is 2.02. The van der Waals surface area contributed by atoms with Gasteiger partial charge < -0.3 is 15.8 Å². The highest BCUT2D eigenvalue weighted by molar-refractivity contribution is 9.10. The number of rotatable bonds is 5. The van der Waals surface area contributed by atoms with Crippen molar-refractivity contribution < 1.29 is 4.74 Å². The zero-order valence-corrected chi connectivity index (χ0v) is 11.2. The Morgan fingerprint density at radius 2 is 1.94 bits per heavy atom. The van der Waals surface area contributed by atoms with Crippen LogP contribution in [-0.2, 0) is 0 Å². The van der Waals surface area contributed by atoms with Crippen molar-refractivity contribution in [2.75, 3.05) is 18.4 Å². The number of aromatic nitrogens is 2. The van der Waals surface area contributed by atoms with E-state index in [0.29, 0.717) is 24.8 Å². The van der Waals surface area contributed by atoms with E-state index in [9.17, 15) is 0 Å². The summed E-state index contributed by atoms with van der Waals surface area (Å²) >= 11 is 3.41. The molecule has 0 aliphatic rings. The van der Waals surface area contributed by atoms with Gasteiger partial charge in [0.05, 0.1) is 16.9 Å². The lowest BCUT2D eigenvalue weighted by molar-refractivity contribution is 0.475. The molecule has 0 radical (unpaired) electrons. The molecule has 0 saturated carbocycles. The highest BCUT2D eigenvalue weighted by atomic mass is 79.9. The summed E-state index contributed by atoms with van der Waals surface area (Å²) < 4.78 is 6.53. The number of para-hydroxylation sites is 1. The van der Waals surface area contributed by atoms with Gasteiger partial charge in [0.15, 0.2) is 5.75 Å². The Labute approximate surface area is 114 Å². The molecule has 2 aromatic rings. The number of benzene rings is 1. The third-order valence-electron chi connectivity index (χ3n) is 2.12. The summed E-state index contributed by atoms with van der Waals surface area (Å²) in [5.41, 5.74) is 5.38. The number of ether oxygens (including phenoxy) is 1. The van der Waals surface area contributed by atoms with Gasteiger partial charge in [-0.2, -0.15) is 0 Å². The number of halogens is 1. The molecule has 0 amide bonds. The smallest absolute Gasteiger partial charge is 0.222 e. The van der Waals surface area contributed by atoms with Crippen LogP contribution in [0.3, 0.4) is 0 Å². The number of anilines is 1. The fourth-order valence-electron chi connectivity index (χ4n) is 1.30. The van der Waals surface area contributed by atoms with Gasteiger partial charge in [-0.05, 0) is 28.1 Å². The van der Waals surface area contributed by atoms with Gasteiger partial charge >= 0.3 is 0 Å². The minimum absolute atomic E-state index is 0.540. The van der Waals surface area contributed by atoms with Crippen LogP contribution in [0.15, 0.2) is 41.1 Å². The molecule has 5 nitrogen and oxygen atoms in total. The molecule has 0 bridgehead atoms. The standard InChI is InChI=1S/C12H13BrN4O/c13-10-3-1-2-4-11(10)18-9-7-16-12(17-8-9)15-6-5-14/h1-4,7-8H,5-6,14H2,(H,15,16,17). The summed E-state index contributed by atoms with van der Waals surface area (Å²) in [4.78, 5) is 8.25. The molecule has 1 aromatic heterocycles. The lowest BCUT2D eigenvalue weighted by Gasteiger charge is -2.07. The summed E-state index contributed by atoms with van der Waals surface area (Å²) in [6.45, 7) is 1.18. The van der Waals surface area contributed by atoms with E-state index in [1.807, 2.05) is 24.3 Å². The maximum Gasteiger partial charge on any atom is 0.222 e. The van der Waals surface area contributed by atoms with E-state index in [1.165, 1.54) is 0 Å². The molecule has 0 aliphatic carbocycles. The first kappa shape index (κ1) is 12.8. The van der Waals surface area contributed by atoms with Crippen molar-refractivity contribution in [3.05, 3.63) is 41.1 Å². The Hall–Kier alpha value is -1.66. The molecule has 0 spiro atoms. The van der Waals surface area contributed by atoms with E-state index in [4.69, 9.17) is 10.5 Å². The summed E-state index contributed by atoms with van der Waals surface area (Å²) in [7, 11) is 0. The number of nitrogens with two attached hydrogens (primary N) is 1. The van der Waals surface area contributed by atoms with Crippen LogP contribution in [0.5, 0.6) is 11.5 Å². The number of nitrogens with one attached hydrogen (secondary N) is 1. The fraction of sp³-hybridized carbons (Fsp3) is 0.167. The van der Waals surface area contributed by atoms with Crippen LogP contribution in [0, 0.1) is 0 Å². The van der Waals surface area contributed by atoms with Gasteiger partial charge in [-0.3, -0.25) is 0 Å². The third kappa shape index (κ3) is 3.41. The van der Waals surface area contributed by atoms with Crippen molar-refractivity contribution in [2.45, 2.75) is 0 Å². The minimum Gasteiger partial charge on any atom is -0.453 e.